The van der Waals surface area contributed by atoms with Gasteiger partial charge in [-0.3, -0.25) is 4.79 Å². The van der Waals surface area contributed by atoms with E-state index < -0.39 is 0 Å². The van der Waals surface area contributed by atoms with Crippen molar-refractivity contribution in [1.29, 1.82) is 0 Å². The van der Waals surface area contributed by atoms with Crippen LogP contribution in [-0.4, -0.2) is 13.8 Å². The molecule has 3 heteroatoms. The van der Waals surface area contributed by atoms with E-state index in [1.54, 1.807) is 6.08 Å². The van der Waals surface area contributed by atoms with E-state index >= 15 is 0 Å². The van der Waals surface area contributed by atoms with Crippen LogP contribution in [0, 0.1) is 0 Å². The average Bonchev–Trinajstić information content (AvgIpc) is 1.85. The third kappa shape index (κ3) is 1.50. The van der Waals surface area contributed by atoms with E-state index in [0.29, 0.717) is 6.42 Å². The van der Waals surface area contributed by atoms with Crippen LogP contribution in [0.15, 0.2) is 23.4 Å². The van der Waals surface area contributed by atoms with E-state index in [9.17, 15) is 4.79 Å². The zero-order valence-corrected chi connectivity index (χ0v) is 5.85. The van der Waals surface area contributed by atoms with Gasteiger partial charge in [0.1, 0.15) is 0 Å². The predicted molar refractivity (Wildman–Crippen MR) is 40.4 cm³/mol. The van der Waals surface area contributed by atoms with Gasteiger partial charge in [0.2, 0.25) is 7.98 Å². The van der Waals surface area contributed by atoms with Gasteiger partial charge in [-0.25, -0.2) is 0 Å². The second kappa shape index (κ2) is 2.73. The molecule has 1 aliphatic rings. The lowest BCUT2D eigenvalue weighted by molar-refractivity contribution is -0.114. The molecule has 0 atom stereocenters. The number of nitrogens with one attached hydrogen (secondary N) is 1. The average molecular weight is 133 g/mol. The van der Waals surface area contributed by atoms with Crippen molar-refractivity contribution in [2.45, 2.75) is 13.3 Å². The van der Waals surface area contributed by atoms with E-state index in [2.05, 4.69) is 5.23 Å². The highest BCUT2D eigenvalue weighted by atomic mass is 16.1. The Balaban J connectivity index is 2.80. The second-order valence-corrected chi connectivity index (χ2v) is 2.35. The van der Waals surface area contributed by atoms with Crippen LogP contribution in [0.4, 0.5) is 0 Å². The number of ketones is 1. The first-order valence-corrected chi connectivity index (χ1v) is 3.10. The van der Waals surface area contributed by atoms with Gasteiger partial charge in [-0.15, -0.1) is 0 Å². The number of hydrogen-bond acceptors (Lipinski definition) is 2. The minimum atomic E-state index is 0.105. The topological polar surface area (TPSA) is 29.1 Å². The van der Waals surface area contributed by atoms with Crippen LogP contribution >= 0.6 is 0 Å². The summed E-state index contributed by atoms with van der Waals surface area (Å²) >= 11 is 0. The van der Waals surface area contributed by atoms with Gasteiger partial charge in [-0.05, 0) is 24.6 Å². The molecule has 50 valence electrons. The van der Waals surface area contributed by atoms with E-state index in [1.165, 1.54) is 0 Å². The van der Waals surface area contributed by atoms with Crippen LogP contribution < -0.4 is 5.23 Å². The van der Waals surface area contributed by atoms with Gasteiger partial charge >= 0.3 is 0 Å². The summed E-state index contributed by atoms with van der Waals surface area (Å²) < 4.78 is 0. The molecule has 0 aromatic carbocycles. The third-order valence-corrected chi connectivity index (χ3v) is 1.34. The Morgan fingerprint density at radius 3 is 2.80 bits per heavy atom. The van der Waals surface area contributed by atoms with Crippen LogP contribution in [0.3, 0.4) is 0 Å². The normalized spacial score (nSPS) is 17.9. The molecule has 1 rings (SSSR count). The van der Waals surface area contributed by atoms with Crippen LogP contribution in [0.25, 0.3) is 0 Å². The van der Waals surface area contributed by atoms with Gasteiger partial charge in [-0.1, -0.05) is 0 Å². The van der Waals surface area contributed by atoms with Crippen LogP contribution in [0.2, 0.25) is 0 Å². The Labute approximate surface area is 61.4 Å². The molecular formula is C7H8BNO. The summed E-state index contributed by atoms with van der Waals surface area (Å²) in [7, 11) is 5.13. The molecule has 0 amide bonds. The molecule has 1 N–H and O–H groups in total. The molecule has 0 aliphatic heterocycles. The Hall–Kier alpha value is -0.985. The van der Waals surface area contributed by atoms with Crippen molar-refractivity contribution < 1.29 is 4.79 Å². The van der Waals surface area contributed by atoms with Crippen molar-refractivity contribution in [2.24, 2.45) is 0 Å². The first kappa shape index (κ1) is 7.13. The summed E-state index contributed by atoms with van der Waals surface area (Å²) in [6.07, 6.45) is 3.87. The van der Waals surface area contributed by atoms with Crippen molar-refractivity contribution in [1.82, 2.24) is 5.23 Å². The van der Waals surface area contributed by atoms with Crippen LogP contribution in [0.5, 0.6) is 0 Å². The highest BCUT2D eigenvalue weighted by Gasteiger charge is 2.06. The SMILES string of the molecule is [B]NC1=CC(C)=CC(=O)C1. The molecule has 0 bridgehead atoms. The number of carbonyl (C=O) groups is 1. The van der Waals surface area contributed by atoms with Crippen molar-refractivity contribution in [3.8, 4) is 0 Å². The molecule has 2 nitrogen and oxygen atoms in total. The fourth-order valence-electron chi connectivity index (χ4n) is 0.953. The standard InChI is InChI=1S/C7H8BNO/c1-5-2-6(9-8)4-7(10)3-5/h2-3,9H,4H2,1H3. The molecule has 0 heterocycles. The molecular weight excluding hydrogens is 125 g/mol. The fraction of sp³-hybridized carbons (Fsp3) is 0.286. The number of allylic oxidation sites excluding steroid dienone is 4. The summed E-state index contributed by atoms with van der Waals surface area (Å²) in [5.41, 5.74) is 1.73. The quantitative estimate of drug-likeness (QED) is 0.526. The molecule has 0 aromatic rings. The summed E-state index contributed by atoms with van der Waals surface area (Å²) in [6.45, 7) is 1.87. The minimum Gasteiger partial charge on any atom is -0.440 e. The first-order valence-electron chi connectivity index (χ1n) is 3.10. The molecule has 1 aliphatic carbocycles. The second-order valence-electron chi connectivity index (χ2n) is 2.35. The van der Waals surface area contributed by atoms with Crippen molar-refractivity contribution in [3.05, 3.63) is 23.4 Å². The molecule has 0 aromatic heterocycles. The number of carbonyl (C=O) groups excluding carboxylic acids is 1. The highest BCUT2D eigenvalue weighted by molar-refractivity contribution is 6.06. The van der Waals surface area contributed by atoms with E-state index in [4.69, 9.17) is 7.98 Å². The van der Waals surface area contributed by atoms with Crippen molar-refractivity contribution in [2.75, 3.05) is 0 Å². The first-order chi connectivity index (χ1) is 4.72. The van der Waals surface area contributed by atoms with Crippen molar-refractivity contribution in [3.63, 3.8) is 0 Å². The monoisotopic (exact) mass is 133 g/mol. The zero-order valence-electron chi connectivity index (χ0n) is 5.85. The lowest BCUT2D eigenvalue weighted by Gasteiger charge is -2.09. The molecule has 0 saturated carbocycles. The lowest BCUT2D eigenvalue weighted by Crippen LogP contribution is -2.14. The van der Waals surface area contributed by atoms with Crippen LogP contribution in [0.1, 0.15) is 13.3 Å². The van der Waals surface area contributed by atoms with Gasteiger partial charge in [0.05, 0.1) is 0 Å². The Morgan fingerprint density at radius 1 is 1.60 bits per heavy atom. The van der Waals surface area contributed by atoms with E-state index in [1.807, 2.05) is 13.0 Å². The molecule has 2 radical (unpaired) electrons. The zero-order chi connectivity index (χ0) is 7.56. The minimum absolute atomic E-state index is 0.105. The number of hydrogen-bond donors (Lipinski definition) is 1. The summed E-state index contributed by atoms with van der Waals surface area (Å²) in [4.78, 5) is 10.8. The fourth-order valence-corrected chi connectivity index (χ4v) is 0.953. The Bertz CT molecular complexity index is 218. The maximum absolute atomic E-state index is 10.8. The Morgan fingerprint density at radius 2 is 2.30 bits per heavy atom. The molecule has 0 unspecified atom stereocenters. The molecule has 0 spiro atoms. The van der Waals surface area contributed by atoms with Gasteiger partial charge in [0.15, 0.2) is 5.78 Å². The molecule has 0 saturated heterocycles. The largest absolute Gasteiger partial charge is 0.440 e. The van der Waals surface area contributed by atoms with Crippen LogP contribution in [-0.2, 0) is 4.79 Å². The van der Waals surface area contributed by atoms with Gasteiger partial charge in [0.25, 0.3) is 0 Å². The smallest absolute Gasteiger partial charge is 0.222 e. The molecule has 0 fully saturated rings. The maximum atomic E-state index is 10.8. The third-order valence-electron chi connectivity index (χ3n) is 1.34. The van der Waals surface area contributed by atoms with Gasteiger partial charge in [-0.2, -0.15) is 0 Å². The van der Waals surface area contributed by atoms with Gasteiger partial charge < -0.3 is 5.23 Å². The predicted octanol–water partition coefficient (Wildman–Crippen LogP) is 0.463. The summed E-state index contributed by atoms with van der Waals surface area (Å²) in [6, 6.07) is 0. The van der Waals surface area contributed by atoms with E-state index in [0.717, 1.165) is 11.3 Å². The molecule has 10 heavy (non-hydrogen) atoms. The summed E-state index contributed by atoms with van der Waals surface area (Å²) in [5.74, 6) is 0.105. The maximum Gasteiger partial charge on any atom is 0.222 e. The van der Waals surface area contributed by atoms with E-state index in [-0.39, 0.29) is 5.78 Å². The highest BCUT2D eigenvalue weighted by Crippen LogP contribution is 2.10. The van der Waals surface area contributed by atoms with Gasteiger partial charge in [0, 0.05) is 12.1 Å². The summed E-state index contributed by atoms with van der Waals surface area (Å²) in [5, 5.41) is 2.46. The lowest BCUT2D eigenvalue weighted by atomic mass is 10.0. The number of rotatable bonds is 1. The van der Waals surface area contributed by atoms with Crippen molar-refractivity contribution >= 4 is 13.8 Å². The Kier molecular flexibility index (Phi) is 1.95.